The third-order valence-corrected chi connectivity index (χ3v) is 7.96. The van der Waals surface area contributed by atoms with E-state index in [1.807, 2.05) is 24.3 Å². The number of thiocarbonyl (C=S) groups is 2. The number of hydrogen-bond acceptors (Lipinski definition) is 8. The van der Waals surface area contributed by atoms with Gasteiger partial charge >= 0.3 is 0 Å². The summed E-state index contributed by atoms with van der Waals surface area (Å²) in [5, 5.41) is 0. The normalized spacial score (nSPS) is 21.0. The van der Waals surface area contributed by atoms with Crippen LogP contribution in [0.2, 0.25) is 0 Å². The van der Waals surface area contributed by atoms with Crippen LogP contribution in [0.15, 0.2) is 48.5 Å². The zero-order valence-corrected chi connectivity index (χ0v) is 20.6. The van der Waals surface area contributed by atoms with E-state index in [-0.39, 0.29) is 17.6 Å². The van der Waals surface area contributed by atoms with Crippen LogP contribution in [0, 0.1) is 0 Å². The van der Waals surface area contributed by atoms with Crippen molar-refractivity contribution in [2.45, 2.75) is 31.5 Å². The van der Waals surface area contributed by atoms with Gasteiger partial charge in [0.2, 0.25) is 8.77 Å². The molecule has 2 atom stereocenters. The molecule has 4 nitrogen and oxygen atoms in total. The van der Waals surface area contributed by atoms with Crippen molar-refractivity contribution in [3.8, 4) is 11.5 Å². The summed E-state index contributed by atoms with van der Waals surface area (Å²) in [6.07, 6.45) is 0.0647. The molecular formula is C23H24O4S4. The monoisotopic (exact) mass is 492 g/mol. The highest BCUT2D eigenvalue weighted by atomic mass is 32.2. The minimum atomic E-state index is -0.147. The third kappa shape index (κ3) is 5.86. The zero-order chi connectivity index (χ0) is 21.8. The maximum absolute atomic E-state index is 5.87. The molecule has 2 aliphatic rings. The standard InChI is InChI=1S/C23H24O4S4/c1-23(2,15-3-7-17(8-4-15)24-11-19-13-30-21(28)26-19)16-5-9-18(10-6-16)25-12-20-14-31-22(29)27-20/h3-10,19-20H,11-14H2,1-2H3. The van der Waals surface area contributed by atoms with Crippen molar-refractivity contribution >= 4 is 56.7 Å². The maximum Gasteiger partial charge on any atom is 0.220 e. The van der Waals surface area contributed by atoms with Crippen molar-refractivity contribution < 1.29 is 18.9 Å². The molecule has 0 aromatic heterocycles. The second kappa shape index (κ2) is 9.98. The van der Waals surface area contributed by atoms with Gasteiger partial charge in [-0.05, 0) is 59.8 Å². The van der Waals surface area contributed by atoms with Crippen LogP contribution in [0.1, 0.15) is 25.0 Å². The Labute approximate surface area is 202 Å². The number of hydrogen-bond donors (Lipinski definition) is 0. The summed E-state index contributed by atoms with van der Waals surface area (Å²) < 4.78 is 24.0. The average Bonchev–Trinajstić information content (AvgIpc) is 3.39. The summed E-state index contributed by atoms with van der Waals surface area (Å²) in [6, 6.07) is 16.5. The first kappa shape index (κ1) is 22.7. The molecule has 2 unspecified atom stereocenters. The van der Waals surface area contributed by atoms with Crippen LogP contribution in [0.4, 0.5) is 0 Å². The summed E-state index contributed by atoms with van der Waals surface area (Å²) in [6.45, 7) is 5.45. The summed E-state index contributed by atoms with van der Waals surface area (Å²) in [4.78, 5) is 0. The van der Waals surface area contributed by atoms with E-state index in [0.29, 0.717) is 22.0 Å². The molecular weight excluding hydrogens is 469 g/mol. The zero-order valence-electron chi connectivity index (χ0n) is 17.4. The first-order valence-corrected chi connectivity index (χ1v) is 12.8. The minimum Gasteiger partial charge on any atom is -0.490 e. The Bertz CT molecular complexity index is 852. The molecule has 8 heteroatoms. The predicted octanol–water partition coefficient (Wildman–Crippen LogP) is 5.60. The van der Waals surface area contributed by atoms with E-state index >= 15 is 0 Å². The number of benzene rings is 2. The highest BCUT2D eigenvalue weighted by Crippen LogP contribution is 2.33. The number of thioether (sulfide) groups is 2. The molecule has 2 aromatic rings. The first-order valence-electron chi connectivity index (χ1n) is 10.0. The minimum absolute atomic E-state index is 0.0323. The van der Waals surface area contributed by atoms with E-state index in [1.54, 1.807) is 23.5 Å². The van der Waals surface area contributed by atoms with Gasteiger partial charge in [0.05, 0.1) is 0 Å². The first-order chi connectivity index (χ1) is 14.9. The Morgan fingerprint density at radius 1 is 0.774 bits per heavy atom. The molecule has 0 saturated carbocycles. The summed E-state index contributed by atoms with van der Waals surface area (Å²) in [7, 11) is 0. The summed E-state index contributed by atoms with van der Waals surface area (Å²) >= 11 is 13.2. The van der Waals surface area contributed by atoms with Crippen molar-refractivity contribution in [3.05, 3.63) is 59.7 Å². The maximum atomic E-state index is 5.87. The molecule has 0 amide bonds. The van der Waals surface area contributed by atoms with Gasteiger partial charge in [-0.15, -0.1) is 0 Å². The molecule has 0 spiro atoms. The lowest BCUT2D eigenvalue weighted by atomic mass is 9.78. The topological polar surface area (TPSA) is 36.9 Å². The van der Waals surface area contributed by atoms with Gasteiger partial charge in [0.1, 0.15) is 36.9 Å². The van der Waals surface area contributed by atoms with E-state index in [9.17, 15) is 0 Å². The lowest BCUT2D eigenvalue weighted by Crippen LogP contribution is -2.21. The Balaban J connectivity index is 1.33. The smallest absolute Gasteiger partial charge is 0.220 e. The van der Waals surface area contributed by atoms with Gasteiger partial charge in [0.25, 0.3) is 0 Å². The van der Waals surface area contributed by atoms with Crippen LogP contribution < -0.4 is 9.47 Å². The van der Waals surface area contributed by atoms with Gasteiger partial charge in [0, 0.05) is 16.9 Å². The van der Waals surface area contributed by atoms with Gasteiger partial charge in [0.15, 0.2) is 0 Å². The van der Waals surface area contributed by atoms with Crippen LogP contribution >= 0.6 is 48.0 Å². The van der Waals surface area contributed by atoms with Crippen molar-refractivity contribution in [1.82, 2.24) is 0 Å². The Kier molecular flexibility index (Phi) is 7.31. The van der Waals surface area contributed by atoms with E-state index in [0.717, 1.165) is 23.0 Å². The SMILES string of the molecule is CC(C)(c1ccc(OCC2CSC(=S)O2)cc1)c1ccc(OCC2CSC(=S)O2)cc1. The summed E-state index contributed by atoms with van der Waals surface area (Å²) in [5.74, 6) is 3.37. The highest BCUT2D eigenvalue weighted by Gasteiger charge is 2.25. The molecule has 2 fully saturated rings. The molecule has 2 aromatic carbocycles. The van der Waals surface area contributed by atoms with Crippen molar-refractivity contribution in [1.29, 1.82) is 0 Å². The van der Waals surface area contributed by atoms with Crippen LogP contribution in [0.5, 0.6) is 11.5 Å². The van der Waals surface area contributed by atoms with Gasteiger partial charge in [-0.25, -0.2) is 0 Å². The van der Waals surface area contributed by atoms with Crippen LogP contribution in [-0.4, -0.2) is 45.7 Å². The van der Waals surface area contributed by atoms with E-state index in [1.165, 1.54) is 11.1 Å². The number of rotatable bonds is 8. The largest absolute Gasteiger partial charge is 0.490 e. The third-order valence-electron chi connectivity index (χ3n) is 5.32. The second-order valence-corrected chi connectivity index (χ2v) is 11.1. The lowest BCUT2D eigenvalue weighted by molar-refractivity contribution is 0.151. The quantitative estimate of drug-likeness (QED) is 0.441. The Hall–Kier alpha value is -1.48. The van der Waals surface area contributed by atoms with E-state index < -0.39 is 0 Å². The molecule has 164 valence electrons. The van der Waals surface area contributed by atoms with Gasteiger partial charge in [-0.3, -0.25) is 0 Å². The van der Waals surface area contributed by atoms with Crippen LogP contribution in [0.3, 0.4) is 0 Å². The molecule has 0 aliphatic carbocycles. The summed E-state index contributed by atoms with van der Waals surface area (Å²) in [5.41, 5.74) is 2.28. The molecule has 2 aliphatic heterocycles. The van der Waals surface area contributed by atoms with Crippen molar-refractivity contribution in [3.63, 3.8) is 0 Å². The predicted molar refractivity (Wildman–Crippen MR) is 136 cm³/mol. The fourth-order valence-corrected chi connectivity index (χ4v) is 5.44. The Morgan fingerprint density at radius 2 is 1.16 bits per heavy atom. The number of ether oxygens (including phenoxy) is 4. The molecule has 0 bridgehead atoms. The van der Waals surface area contributed by atoms with Crippen molar-refractivity contribution in [2.75, 3.05) is 24.7 Å². The fourth-order valence-electron chi connectivity index (χ4n) is 3.38. The van der Waals surface area contributed by atoms with Gasteiger partial charge in [-0.1, -0.05) is 61.6 Å². The van der Waals surface area contributed by atoms with Gasteiger partial charge in [-0.2, -0.15) is 0 Å². The molecule has 31 heavy (non-hydrogen) atoms. The van der Waals surface area contributed by atoms with Crippen LogP contribution in [-0.2, 0) is 14.9 Å². The highest BCUT2D eigenvalue weighted by molar-refractivity contribution is 8.23. The molecule has 2 heterocycles. The molecule has 0 radical (unpaired) electrons. The van der Waals surface area contributed by atoms with E-state index in [4.69, 9.17) is 43.4 Å². The fraction of sp³-hybridized carbons (Fsp3) is 0.391. The van der Waals surface area contributed by atoms with Gasteiger partial charge < -0.3 is 18.9 Å². The average molecular weight is 493 g/mol. The van der Waals surface area contributed by atoms with Crippen LogP contribution in [0.25, 0.3) is 0 Å². The molecule has 0 N–H and O–H groups in total. The van der Waals surface area contributed by atoms with Crippen molar-refractivity contribution in [2.24, 2.45) is 0 Å². The molecule has 4 rings (SSSR count). The molecule has 2 saturated heterocycles. The van der Waals surface area contributed by atoms with E-state index in [2.05, 4.69) is 38.1 Å². The Morgan fingerprint density at radius 3 is 1.48 bits per heavy atom. The lowest BCUT2D eigenvalue weighted by Gasteiger charge is -2.26. The second-order valence-electron chi connectivity index (χ2n) is 7.90.